The van der Waals surface area contributed by atoms with Crippen LogP contribution >= 0.6 is 0 Å². The normalized spacial score (nSPS) is 12.3. The fourth-order valence-electron chi connectivity index (χ4n) is 1.42. The Labute approximate surface area is 81.9 Å². The van der Waals surface area contributed by atoms with Crippen molar-refractivity contribution >= 4 is 11.0 Å². The fourth-order valence-corrected chi connectivity index (χ4v) is 1.42. The molecule has 1 aromatic carbocycles. The molecule has 0 unspecified atom stereocenters. The van der Waals surface area contributed by atoms with E-state index < -0.39 is 17.6 Å². The molecule has 0 saturated heterocycles. The van der Waals surface area contributed by atoms with Gasteiger partial charge in [-0.25, -0.2) is 9.37 Å². The maximum atomic E-state index is 12.9. The van der Waals surface area contributed by atoms with E-state index in [1.54, 1.807) is 0 Å². The third kappa shape index (κ3) is 1.67. The average Bonchev–Trinajstić information content (AvgIpc) is 2.41. The fraction of sp³-hybridized carbons (Fsp3) is 0.222. The highest BCUT2D eigenvalue weighted by Crippen LogP contribution is 2.34. The quantitative estimate of drug-likeness (QED) is 0.676. The Balaban J connectivity index is 2.82. The molecule has 0 fully saturated rings. The molecule has 0 radical (unpaired) electrons. The molecule has 6 heteroatoms. The molecule has 0 aliphatic rings. The molecule has 0 spiro atoms. The maximum absolute atomic E-state index is 12.9. The van der Waals surface area contributed by atoms with Gasteiger partial charge in [-0.3, -0.25) is 0 Å². The van der Waals surface area contributed by atoms with Crippen LogP contribution in [0.5, 0.6) is 0 Å². The summed E-state index contributed by atoms with van der Waals surface area (Å²) in [5.74, 6) is -0.612. The summed E-state index contributed by atoms with van der Waals surface area (Å²) in [4.78, 5) is 6.24. The van der Waals surface area contributed by atoms with E-state index in [0.717, 1.165) is 6.07 Å². The van der Waals surface area contributed by atoms with Crippen LogP contribution in [-0.2, 0) is 6.18 Å². The van der Waals surface area contributed by atoms with Crippen LogP contribution in [0.2, 0.25) is 0 Å². The Morgan fingerprint density at radius 2 is 1.93 bits per heavy atom. The van der Waals surface area contributed by atoms with Gasteiger partial charge >= 0.3 is 6.18 Å². The average molecular weight is 218 g/mol. The summed E-state index contributed by atoms with van der Waals surface area (Å²) in [7, 11) is 0. The topological polar surface area (TPSA) is 28.7 Å². The number of hydrogen-bond donors (Lipinski definition) is 1. The molecule has 80 valence electrons. The largest absolute Gasteiger partial charge is 0.418 e. The Hall–Kier alpha value is -1.59. The molecule has 1 N–H and O–H groups in total. The number of alkyl halides is 3. The molecule has 0 saturated carbocycles. The third-order valence-corrected chi connectivity index (χ3v) is 1.98. The summed E-state index contributed by atoms with van der Waals surface area (Å²) in [6, 6.07) is 1.44. The van der Waals surface area contributed by atoms with Gasteiger partial charge in [-0.1, -0.05) is 0 Å². The number of aromatic nitrogens is 2. The van der Waals surface area contributed by atoms with Crippen molar-refractivity contribution in [1.82, 2.24) is 9.97 Å². The number of halogens is 4. The van der Waals surface area contributed by atoms with Gasteiger partial charge in [-0.05, 0) is 19.1 Å². The molecule has 0 amide bonds. The SMILES string of the molecule is Cc1nc2c(C(F)(F)F)cc(F)cc2[nH]1. The van der Waals surface area contributed by atoms with Crippen molar-refractivity contribution in [2.24, 2.45) is 0 Å². The second-order valence-electron chi connectivity index (χ2n) is 3.17. The van der Waals surface area contributed by atoms with E-state index in [4.69, 9.17) is 0 Å². The summed E-state index contributed by atoms with van der Waals surface area (Å²) in [6.07, 6.45) is -4.60. The Morgan fingerprint density at radius 3 is 2.53 bits per heavy atom. The van der Waals surface area contributed by atoms with Crippen LogP contribution in [0.25, 0.3) is 11.0 Å². The molecule has 0 atom stereocenters. The van der Waals surface area contributed by atoms with Crippen LogP contribution in [-0.4, -0.2) is 9.97 Å². The molecule has 2 nitrogen and oxygen atoms in total. The van der Waals surface area contributed by atoms with Crippen LogP contribution in [0.4, 0.5) is 17.6 Å². The molecule has 15 heavy (non-hydrogen) atoms. The molecular formula is C9H6F4N2. The van der Waals surface area contributed by atoms with Crippen molar-refractivity contribution in [1.29, 1.82) is 0 Å². The smallest absolute Gasteiger partial charge is 0.342 e. The lowest BCUT2D eigenvalue weighted by Crippen LogP contribution is -2.06. The van der Waals surface area contributed by atoms with Gasteiger partial charge in [0.15, 0.2) is 0 Å². The minimum atomic E-state index is -4.60. The van der Waals surface area contributed by atoms with Gasteiger partial charge in [0.1, 0.15) is 17.2 Å². The predicted octanol–water partition coefficient (Wildman–Crippen LogP) is 3.03. The number of aryl methyl sites for hydroxylation is 1. The number of benzene rings is 1. The molecule has 2 aromatic rings. The first-order valence-corrected chi connectivity index (χ1v) is 4.11. The maximum Gasteiger partial charge on any atom is 0.418 e. The molecule has 0 bridgehead atoms. The van der Waals surface area contributed by atoms with E-state index in [9.17, 15) is 17.6 Å². The number of aromatic amines is 1. The van der Waals surface area contributed by atoms with Crippen LogP contribution in [0.1, 0.15) is 11.4 Å². The van der Waals surface area contributed by atoms with Crippen molar-refractivity contribution in [3.05, 3.63) is 29.3 Å². The number of rotatable bonds is 0. The van der Waals surface area contributed by atoms with E-state index in [1.165, 1.54) is 6.92 Å². The second kappa shape index (κ2) is 2.95. The van der Waals surface area contributed by atoms with Gasteiger partial charge in [-0.2, -0.15) is 13.2 Å². The van der Waals surface area contributed by atoms with Crippen LogP contribution in [0.15, 0.2) is 12.1 Å². The predicted molar refractivity (Wildman–Crippen MR) is 45.8 cm³/mol. The standard InChI is InChI=1S/C9H6F4N2/c1-4-14-7-3-5(10)2-6(8(7)15-4)9(11,12)13/h2-3H,1H3,(H,14,15). The number of H-pyrrole nitrogens is 1. The Bertz CT molecular complexity index is 513. The summed E-state index contributed by atoms with van der Waals surface area (Å²) in [6.45, 7) is 1.51. The number of fused-ring (bicyclic) bond motifs is 1. The molecule has 0 aliphatic carbocycles. The highest BCUT2D eigenvalue weighted by molar-refractivity contribution is 5.79. The first-order chi connectivity index (χ1) is 6.88. The van der Waals surface area contributed by atoms with E-state index >= 15 is 0 Å². The minimum Gasteiger partial charge on any atom is -0.342 e. The van der Waals surface area contributed by atoms with Crippen molar-refractivity contribution in [3.8, 4) is 0 Å². The summed E-state index contributed by atoms with van der Waals surface area (Å²) in [5.41, 5.74) is -1.25. The minimum absolute atomic E-state index is 0.0554. The zero-order chi connectivity index (χ0) is 11.2. The molecule has 1 aromatic heterocycles. The van der Waals surface area contributed by atoms with Crippen molar-refractivity contribution in [3.63, 3.8) is 0 Å². The van der Waals surface area contributed by atoms with E-state index in [-0.39, 0.29) is 11.0 Å². The van der Waals surface area contributed by atoms with Gasteiger partial charge in [0.2, 0.25) is 0 Å². The van der Waals surface area contributed by atoms with Gasteiger partial charge in [0.05, 0.1) is 11.1 Å². The lowest BCUT2D eigenvalue weighted by atomic mass is 10.1. The van der Waals surface area contributed by atoms with Crippen LogP contribution in [0.3, 0.4) is 0 Å². The zero-order valence-corrected chi connectivity index (χ0v) is 7.61. The summed E-state index contributed by atoms with van der Waals surface area (Å²) in [5, 5.41) is 0. The van der Waals surface area contributed by atoms with Crippen molar-refractivity contribution in [2.75, 3.05) is 0 Å². The van der Waals surface area contributed by atoms with Crippen LogP contribution < -0.4 is 0 Å². The lowest BCUT2D eigenvalue weighted by molar-refractivity contribution is -0.136. The summed E-state index contributed by atoms with van der Waals surface area (Å²) < 4.78 is 50.3. The number of nitrogens with one attached hydrogen (secondary N) is 1. The monoisotopic (exact) mass is 218 g/mol. The van der Waals surface area contributed by atoms with E-state index in [1.807, 2.05) is 0 Å². The van der Waals surface area contributed by atoms with Crippen LogP contribution in [0, 0.1) is 12.7 Å². The van der Waals surface area contributed by atoms with E-state index in [2.05, 4.69) is 9.97 Å². The Morgan fingerprint density at radius 1 is 1.27 bits per heavy atom. The molecule has 2 rings (SSSR count). The van der Waals surface area contributed by atoms with Crippen molar-refractivity contribution in [2.45, 2.75) is 13.1 Å². The third-order valence-electron chi connectivity index (χ3n) is 1.98. The molecular weight excluding hydrogens is 212 g/mol. The Kier molecular flexibility index (Phi) is 1.95. The first-order valence-electron chi connectivity index (χ1n) is 4.11. The molecule has 1 heterocycles. The molecule has 0 aliphatic heterocycles. The zero-order valence-electron chi connectivity index (χ0n) is 7.61. The second-order valence-corrected chi connectivity index (χ2v) is 3.17. The van der Waals surface area contributed by atoms with Crippen molar-refractivity contribution < 1.29 is 17.6 Å². The van der Waals surface area contributed by atoms with Gasteiger partial charge < -0.3 is 4.98 Å². The summed E-state index contributed by atoms with van der Waals surface area (Å²) >= 11 is 0. The van der Waals surface area contributed by atoms with Gasteiger partial charge in [0, 0.05) is 0 Å². The van der Waals surface area contributed by atoms with Gasteiger partial charge in [-0.15, -0.1) is 0 Å². The number of nitrogens with zero attached hydrogens (tertiary/aromatic N) is 1. The van der Waals surface area contributed by atoms with E-state index in [0.29, 0.717) is 11.9 Å². The lowest BCUT2D eigenvalue weighted by Gasteiger charge is -2.06. The van der Waals surface area contributed by atoms with Gasteiger partial charge in [0.25, 0.3) is 0 Å². The highest BCUT2D eigenvalue weighted by Gasteiger charge is 2.34. The highest BCUT2D eigenvalue weighted by atomic mass is 19.4. The first kappa shape index (κ1) is 9.95. The number of hydrogen-bond acceptors (Lipinski definition) is 1. The number of imidazole rings is 1.